The summed E-state index contributed by atoms with van der Waals surface area (Å²) in [6.07, 6.45) is 0. The standard InChI is InChI=1S/C8H7N3O/c1-5(2)7-8(6(3)4-9)11-12-10-7/h1,3H2,2H3. The summed E-state index contributed by atoms with van der Waals surface area (Å²) in [5.41, 5.74) is 1.78. The number of nitrogens with zero attached hydrogens (tertiary/aromatic N) is 3. The molecule has 0 saturated heterocycles. The van der Waals surface area contributed by atoms with Crippen LogP contribution in [0, 0.1) is 11.3 Å². The van der Waals surface area contributed by atoms with Crippen molar-refractivity contribution in [3.05, 3.63) is 24.5 Å². The Kier molecular flexibility index (Phi) is 2.06. The SMILES string of the molecule is C=C(C)c1nonc1C(=C)C#N. The molecule has 0 aromatic carbocycles. The Morgan fingerprint density at radius 3 is 2.50 bits per heavy atom. The summed E-state index contributed by atoms with van der Waals surface area (Å²) in [6, 6.07) is 1.86. The van der Waals surface area contributed by atoms with Crippen molar-refractivity contribution in [3.8, 4) is 6.07 Å². The number of nitriles is 1. The number of aromatic nitrogens is 2. The van der Waals surface area contributed by atoms with E-state index in [1.54, 1.807) is 6.92 Å². The van der Waals surface area contributed by atoms with E-state index in [2.05, 4.69) is 28.1 Å². The van der Waals surface area contributed by atoms with Gasteiger partial charge in [0.2, 0.25) is 0 Å². The maximum Gasteiger partial charge on any atom is 0.152 e. The molecule has 0 spiro atoms. The normalized spacial score (nSPS) is 9.00. The van der Waals surface area contributed by atoms with Crippen molar-refractivity contribution in [1.82, 2.24) is 10.3 Å². The lowest BCUT2D eigenvalue weighted by atomic mass is 10.1. The zero-order valence-electron chi connectivity index (χ0n) is 6.66. The maximum absolute atomic E-state index is 8.52. The van der Waals surface area contributed by atoms with E-state index in [9.17, 15) is 0 Å². The summed E-state index contributed by atoms with van der Waals surface area (Å²) in [4.78, 5) is 0. The molecular formula is C8H7N3O. The average Bonchev–Trinajstić information content (AvgIpc) is 2.50. The fraction of sp³-hybridized carbons (Fsp3) is 0.125. The van der Waals surface area contributed by atoms with Gasteiger partial charge in [0.05, 0.1) is 5.57 Å². The highest BCUT2D eigenvalue weighted by Gasteiger charge is 2.12. The van der Waals surface area contributed by atoms with Gasteiger partial charge in [-0.05, 0) is 22.8 Å². The summed E-state index contributed by atoms with van der Waals surface area (Å²) >= 11 is 0. The summed E-state index contributed by atoms with van der Waals surface area (Å²) in [7, 11) is 0. The fourth-order valence-electron chi connectivity index (χ4n) is 0.720. The largest absolute Gasteiger partial charge is 0.243 e. The lowest BCUT2D eigenvalue weighted by Crippen LogP contribution is -1.86. The molecule has 0 radical (unpaired) electrons. The maximum atomic E-state index is 8.52. The van der Waals surface area contributed by atoms with Crippen LogP contribution < -0.4 is 0 Å². The van der Waals surface area contributed by atoms with E-state index in [0.29, 0.717) is 17.0 Å². The van der Waals surface area contributed by atoms with E-state index in [1.807, 2.05) is 6.07 Å². The first-order valence-corrected chi connectivity index (χ1v) is 3.24. The minimum atomic E-state index is 0.231. The van der Waals surface area contributed by atoms with E-state index >= 15 is 0 Å². The summed E-state index contributed by atoms with van der Waals surface area (Å²) < 4.78 is 4.46. The van der Waals surface area contributed by atoms with E-state index in [4.69, 9.17) is 5.26 Å². The predicted molar refractivity (Wildman–Crippen MR) is 43.7 cm³/mol. The highest BCUT2D eigenvalue weighted by molar-refractivity contribution is 5.79. The lowest BCUT2D eigenvalue weighted by Gasteiger charge is -1.92. The van der Waals surface area contributed by atoms with Gasteiger partial charge < -0.3 is 0 Å². The number of hydrogen-bond donors (Lipinski definition) is 0. The molecule has 0 atom stereocenters. The van der Waals surface area contributed by atoms with Gasteiger partial charge in [0.15, 0.2) is 5.69 Å². The second-order valence-corrected chi connectivity index (χ2v) is 2.33. The van der Waals surface area contributed by atoms with Gasteiger partial charge >= 0.3 is 0 Å². The Bertz CT molecular complexity index is 370. The number of hydrogen-bond acceptors (Lipinski definition) is 4. The molecule has 0 N–H and O–H groups in total. The molecule has 1 rings (SSSR count). The van der Waals surface area contributed by atoms with Crippen LogP contribution in [0.15, 0.2) is 17.8 Å². The van der Waals surface area contributed by atoms with Crippen LogP contribution in [0.4, 0.5) is 0 Å². The Morgan fingerprint density at radius 2 is 2.00 bits per heavy atom. The molecule has 1 heterocycles. The van der Waals surface area contributed by atoms with Crippen molar-refractivity contribution in [2.75, 3.05) is 0 Å². The average molecular weight is 161 g/mol. The third-order valence-corrected chi connectivity index (χ3v) is 1.31. The minimum Gasteiger partial charge on any atom is -0.243 e. The highest BCUT2D eigenvalue weighted by Crippen LogP contribution is 2.18. The molecular weight excluding hydrogens is 154 g/mol. The molecule has 0 aliphatic heterocycles. The molecule has 0 saturated carbocycles. The van der Waals surface area contributed by atoms with Crippen molar-refractivity contribution in [1.29, 1.82) is 5.26 Å². The lowest BCUT2D eigenvalue weighted by molar-refractivity contribution is 0.305. The van der Waals surface area contributed by atoms with Gasteiger partial charge in [0.1, 0.15) is 11.8 Å². The predicted octanol–water partition coefficient (Wildman–Crippen LogP) is 1.64. The zero-order valence-corrected chi connectivity index (χ0v) is 6.66. The van der Waals surface area contributed by atoms with E-state index in [1.165, 1.54) is 0 Å². The molecule has 12 heavy (non-hydrogen) atoms. The van der Waals surface area contributed by atoms with E-state index < -0.39 is 0 Å². The van der Waals surface area contributed by atoms with Gasteiger partial charge in [0.25, 0.3) is 0 Å². The first-order chi connectivity index (χ1) is 5.66. The Labute approximate surface area is 69.8 Å². The van der Waals surface area contributed by atoms with Gasteiger partial charge in [0, 0.05) is 0 Å². The van der Waals surface area contributed by atoms with Gasteiger partial charge in [-0.15, -0.1) is 0 Å². The summed E-state index contributed by atoms with van der Waals surface area (Å²) in [5.74, 6) is 0. The monoisotopic (exact) mass is 161 g/mol. The second kappa shape index (κ2) is 3.01. The number of rotatable bonds is 2. The van der Waals surface area contributed by atoms with E-state index in [0.717, 1.165) is 0 Å². The van der Waals surface area contributed by atoms with Crippen molar-refractivity contribution in [2.45, 2.75) is 6.92 Å². The molecule has 0 aliphatic carbocycles. The first kappa shape index (κ1) is 8.21. The first-order valence-electron chi connectivity index (χ1n) is 3.24. The topological polar surface area (TPSA) is 62.7 Å². The molecule has 0 bridgehead atoms. The van der Waals surface area contributed by atoms with Crippen LogP contribution >= 0.6 is 0 Å². The fourth-order valence-corrected chi connectivity index (χ4v) is 0.720. The van der Waals surface area contributed by atoms with E-state index in [-0.39, 0.29) is 5.57 Å². The van der Waals surface area contributed by atoms with Crippen LogP contribution in [0.5, 0.6) is 0 Å². The Hall–Kier alpha value is -1.89. The summed E-state index contributed by atoms with van der Waals surface area (Å²) in [5, 5.41) is 15.7. The quantitative estimate of drug-likeness (QED) is 0.618. The third kappa shape index (κ3) is 1.25. The molecule has 0 fully saturated rings. The van der Waals surface area contributed by atoms with Gasteiger partial charge in [-0.25, -0.2) is 4.63 Å². The summed E-state index contributed by atoms with van der Waals surface area (Å²) in [6.45, 7) is 8.91. The van der Waals surface area contributed by atoms with Crippen LogP contribution in [0.2, 0.25) is 0 Å². The Morgan fingerprint density at radius 1 is 1.42 bits per heavy atom. The molecule has 1 aromatic heterocycles. The van der Waals surface area contributed by atoms with Crippen LogP contribution in [0.25, 0.3) is 11.1 Å². The van der Waals surface area contributed by atoms with Crippen LogP contribution in [0.3, 0.4) is 0 Å². The smallest absolute Gasteiger partial charge is 0.152 e. The van der Waals surface area contributed by atoms with Crippen LogP contribution in [0.1, 0.15) is 18.3 Å². The molecule has 0 amide bonds. The van der Waals surface area contributed by atoms with Crippen molar-refractivity contribution >= 4 is 11.1 Å². The zero-order chi connectivity index (χ0) is 9.14. The number of allylic oxidation sites excluding steroid dienone is 2. The second-order valence-electron chi connectivity index (χ2n) is 2.33. The minimum absolute atomic E-state index is 0.231. The van der Waals surface area contributed by atoms with Gasteiger partial charge in [-0.2, -0.15) is 5.26 Å². The molecule has 60 valence electrons. The highest BCUT2D eigenvalue weighted by atomic mass is 16.6. The molecule has 0 unspecified atom stereocenters. The van der Waals surface area contributed by atoms with Crippen molar-refractivity contribution in [2.24, 2.45) is 0 Å². The Balaban J connectivity index is 3.18. The van der Waals surface area contributed by atoms with Crippen LogP contribution in [-0.2, 0) is 0 Å². The van der Waals surface area contributed by atoms with Crippen molar-refractivity contribution in [3.63, 3.8) is 0 Å². The van der Waals surface area contributed by atoms with Gasteiger partial charge in [-0.3, -0.25) is 0 Å². The molecule has 1 aromatic rings. The molecule has 4 heteroatoms. The van der Waals surface area contributed by atoms with Crippen LogP contribution in [-0.4, -0.2) is 10.3 Å². The van der Waals surface area contributed by atoms with Gasteiger partial charge in [-0.1, -0.05) is 13.2 Å². The van der Waals surface area contributed by atoms with Crippen molar-refractivity contribution < 1.29 is 4.63 Å². The third-order valence-electron chi connectivity index (χ3n) is 1.31. The molecule has 4 nitrogen and oxygen atoms in total. The molecule has 0 aliphatic rings.